The standard InChI is InChI=1S/C32H44BrN3O6/c1-6-11-12-18-41-31(40)25-26-29(38)36(21(8-3)20-37)28(32(26)19-24(33)27(25)42-32)30(39)35(17-7-2)23-15-13-22(14-16-23)34(9-4)10-5/h6-7,13-16,21,24-28,37H,1-2,8-12,17-20H2,3-5H3/t21-,24?,25+,26-,27+,28?,32?/m0/s1. The fourth-order valence-electron chi connectivity index (χ4n) is 6.95. The number of carbonyl (C=O) groups is 3. The molecule has 3 saturated heterocycles. The molecule has 3 heterocycles. The first-order chi connectivity index (χ1) is 20.2. The number of amides is 2. The number of fused-ring (bicyclic) bond motifs is 1. The van der Waals surface area contributed by atoms with Gasteiger partial charge < -0.3 is 29.3 Å². The number of rotatable bonds is 15. The normalized spacial score (nSPS) is 28.4. The molecule has 7 atom stereocenters. The number of aliphatic hydroxyl groups excluding tert-OH is 1. The molecule has 0 aromatic heterocycles. The van der Waals surface area contributed by atoms with Crippen molar-refractivity contribution in [2.45, 2.75) is 75.1 Å². The van der Waals surface area contributed by atoms with Gasteiger partial charge in [0.05, 0.1) is 37.2 Å². The minimum Gasteiger partial charge on any atom is -0.465 e. The molecule has 0 saturated carbocycles. The van der Waals surface area contributed by atoms with Gasteiger partial charge >= 0.3 is 5.97 Å². The minimum atomic E-state index is -1.24. The number of allylic oxidation sites excluding steroid dienone is 1. The van der Waals surface area contributed by atoms with Crippen LogP contribution in [0, 0.1) is 11.8 Å². The van der Waals surface area contributed by atoms with Gasteiger partial charge in [-0.1, -0.05) is 35.0 Å². The molecule has 1 aromatic carbocycles. The number of hydrogen-bond acceptors (Lipinski definition) is 7. The number of hydrogen-bond donors (Lipinski definition) is 1. The summed E-state index contributed by atoms with van der Waals surface area (Å²) in [5.74, 6) is -2.90. The van der Waals surface area contributed by atoms with E-state index in [1.807, 2.05) is 31.2 Å². The van der Waals surface area contributed by atoms with Crippen LogP contribution in [0.2, 0.25) is 0 Å². The second-order valence-corrected chi connectivity index (χ2v) is 12.4. The number of aliphatic hydroxyl groups is 1. The smallest absolute Gasteiger partial charge is 0.312 e. The number of nitrogens with zero attached hydrogens (tertiary/aromatic N) is 3. The lowest BCUT2D eigenvalue weighted by Crippen LogP contribution is -2.59. The number of benzene rings is 1. The summed E-state index contributed by atoms with van der Waals surface area (Å²) >= 11 is 3.69. The van der Waals surface area contributed by atoms with E-state index in [9.17, 15) is 19.5 Å². The van der Waals surface area contributed by atoms with Crippen LogP contribution in [0.5, 0.6) is 0 Å². The fourth-order valence-corrected chi connectivity index (χ4v) is 7.89. The Labute approximate surface area is 257 Å². The van der Waals surface area contributed by atoms with Crippen molar-refractivity contribution in [3.05, 3.63) is 49.6 Å². The average Bonchev–Trinajstić information content (AvgIpc) is 3.59. The van der Waals surface area contributed by atoms with Crippen molar-refractivity contribution in [3.8, 4) is 0 Å². The molecule has 1 aromatic rings. The van der Waals surface area contributed by atoms with E-state index in [1.165, 1.54) is 4.90 Å². The Kier molecular flexibility index (Phi) is 10.5. The van der Waals surface area contributed by atoms with Gasteiger partial charge in [0.25, 0.3) is 5.91 Å². The maximum absolute atomic E-state index is 14.7. The number of unbranched alkanes of at least 4 members (excludes halogenated alkanes) is 1. The molecule has 2 bridgehead atoms. The minimum absolute atomic E-state index is 0.214. The molecule has 0 radical (unpaired) electrons. The predicted molar refractivity (Wildman–Crippen MR) is 167 cm³/mol. The number of anilines is 2. The second-order valence-electron chi connectivity index (χ2n) is 11.2. The van der Waals surface area contributed by atoms with Gasteiger partial charge in [0.2, 0.25) is 5.91 Å². The first kappa shape index (κ1) is 32.2. The van der Waals surface area contributed by atoms with E-state index in [4.69, 9.17) is 9.47 Å². The van der Waals surface area contributed by atoms with Crippen LogP contribution in [0.3, 0.4) is 0 Å². The summed E-state index contributed by atoms with van der Waals surface area (Å²) in [4.78, 5) is 47.5. The zero-order valence-corrected chi connectivity index (χ0v) is 26.5. The molecule has 1 spiro atoms. The lowest BCUT2D eigenvalue weighted by molar-refractivity contribution is -0.155. The number of alkyl halides is 1. The Balaban J connectivity index is 1.74. The highest BCUT2D eigenvalue weighted by Crippen LogP contribution is 2.61. The third-order valence-electron chi connectivity index (χ3n) is 8.97. The van der Waals surface area contributed by atoms with Gasteiger partial charge in [-0.2, -0.15) is 0 Å². The van der Waals surface area contributed by atoms with Gasteiger partial charge in [-0.15, -0.1) is 13.2 Å². The van der Waals surface area contributed by atoms with Gasteiger partial charge in [-0.25, -0.2) is 0 Å². The van der Waals surface area contributed by atoms with Crippen LogP contribution < -0.4 is 9.80 Å². The molecule has 1 N–H and O–H groups in total. The molecule has 3 aliphatic rings. The SMILES string of the molecule is C=CCCCOC(=O)[C@H]1[C@@H]2OC3(CC2Br)C(C(=O)N(CC=C)c2ccc(N(CC)CC)cc2)N([C@@H](CC)CO)C(=O)[C@H]13. The van der Waals surface area contributed by atoms with E-state index < -0.39 is 41.6 Å². The quantitative estimate of drug-likeness (QED) is 0.133. The highest BCUT2D eigenvalue weighted by Gasteiger charge is 2.77. The number of likely N-dealkylation sites (tertiary alicyclic amines) is 1. The molecule has 10 heteroatoms. The molecular formula is C32H44BrN3O6. The van der Waals surface area contributed by atoms with E-state index in [0.717, 1.165) is 18.8 Å². The Bertz CT molecular complexity index is 1150. The van der Waals surface area contributed by atoms with Crippen LogP contribution in [-0.4, -0.2) is 89.3 Å². The molecular weight excluding hydrogens is 602 g/mol. The van der Waals surface area contributed by atoms with Gasteiger partial charge in [-0.05, 0) is 63.8 Å². The summed E-state index contributed by atoms with van der Waals surface area (Å²) in [5, 5.41) is 10.3. The first-order valence-electron chi connectivity index (χ1n) is 15.0. The van der Waals surface area contributed by atoms with Gasteiger partial charge in [-0.3, -0.25) is 14.4 Å². The summed E-state index contributed by atoms with van der Waals surface area (Å²) in [7, 11) is 0. The summed E-state index contributed by atoms with van der Waals surface area (Å²) in [6.07, 6.45) is 4.98. The van der Waals surface area contributed by atoms with E-state index in [-0.39, 0.29) is 36.4 Å². The third kappa shape index (κ3) is 5.53. The summed E-state index contributed by atoms with van der Waals surface area (Å²) in [6.45, 7) is 15.5. The molecule has 3 fully saturated rings. The van der Waals surface area contributed by atoms with Crippen LogP contribution in [0.1, 0.15) is 46.5 Å². The zero-order valence-electron chi connectivity index (χ0n) is 24.9. The number of halogens is 1. The van der Waals surface area contributed by atoms with E-state index in [0.29, 0.717) is 31.4 Å². The zero-order chi connectivity index (χ0) is 30.6. The largest absolute Gasteiger partial charge is 0.465 e. The van der Waals surface area contributed by atoms with Crippen LogP contribution in [0.4, 0.5) is 11.4 Å². The monoisotopic (exact) mass is 645 g/mol. The molecule has 3 unspecified atom stereocenters. The van der Waals surface area contributed by atoms with Crippen molar-refractivity contribution in [3.63, 3.8) is 0 Å². The number of ether oxygens (including phenoxy) is 2. The van der Waals surface area contributed by atoms with Gasteiger partial charge in [0.1, 0.15) is 11.6 Å². The summed E-state index contributed by atoms with van der Waals surface area (Å²) in [6, 6.07) is 6.13. The molecule has 0 aliphatic carbocycles. The fraction of sp³-hybridized carbons (Fsp3) is 0.594. The van der Waals surface area contributed by atoms with Crippen molar-refractivity contribution in [1.29, 1.82) is 0 Å². The van der Waals surface area contributed by atoms with E-state index in [2.05, 4.69) is 47.8 Å². The average molecular weight is 647 g/mol. The van der Waals surface area contributed by atoms with Crippen molar-refractivity contribution >= 4 is 45.1 Å². The van der Waals surface area contributed by atoms with Crippen molar-refractivity contribution in [2.75, 3.05) is 42.6 Å². The topological polar surface area (TPSA) is 99.6 Å². The maximum atomic E-state index is 14.7. The van der Waals surface area contributed by atoms with Crippen LogP contribution >= 0.6 is 15.9 Å². The lowest BCUT2D eigenvalue weighted by atomic mass is 9.70. The van der Waals surface area contributed by atoms with Gasteiger partial charge in [0, 0.05) is 35.8 Å². The lowest BCUT2D eigenvalue weighted by Gasteiger charge is -2.39. The van der Waals surface area contributed by atoms with E-state index in [1.54, 1.807) is 17.1 Å². The summed E-state index contributed by atoms with van der Waals surface area (Å²) in [5.41, 5.74) is 0.481. The molecule has 3 aliphatic heterocycles. The second kappa shape index (κ2) is 13.7. The Morgan fingerprint density at radius 1 is 1.19 bits per heavy atom. The molecule has 2 amide bonds. The number of esters is 1. The Morgan fingerprint density at radius 2 is 1.86 bits per heavy atom. The van der Waals surface area contributed by atoms with E-state index >= 15 is 0 Å². The Hall–Kier alpha value is -2.69. The predicted octanol–water partition coefficient (Wildman–Crippen LogP) is 4.08. The van der Waals surface area contributed by atoms with Crippen molar-refractivity contribution in [1.82, 2.24) is 4.90 Å². The van der Waals surface area contributed by atoms with Crippen LogP contribution in [0.15, 0.2) is 49.6 Å². The van der Waals surface area contributed by atoms with Crippen molar-refractivity contribution < 1.29 is 29.0 Å². The van der Waals surface area contributed by atoms with Crippen molar-refractivity contribution in [2.24, 2.45) is 11.8 Å². The first-order valence-corrected chi connectivity index (χ1v) is 16.0. The molecule has 9 nitrogen and oxygen atoms in total. The molecule has 42 heavy (non-hydrogen) atoms. The third-order valence-corrected chi connectivity index (χ3v) is 9.82. The highest BCUT2D eigenvalue weighted by molar-refractivity contribution is 9.09. The molecule has 230 valence electrons. The van der Waals surface area contributed by atoms with Gasteiger partial charge in [0.15, 0.2) is 0 Å². The van der Waals surface area contributed by atoms with Crippen LogP contribution in [-0.2, 0) is 23.9 Å². The number of carbonyl (C=O) groups excluding carboxylic acids is 3. The summed E-state index contributed by atoms with van der Waals surface area (Å²) < 4.78 is 12.2. The highest BCUT2D eigenvalue weighted by atomic mass is 79.9. The Morgan fingerprint density at radius 3 is 2.43 bits per heavy atom. The van der Waals surface area contributed by atoms with Crippen LogP contribution in [0.25, 0.3) is 0 Å². The maximum Gasteiger partial charge on any atom is 0.312 e. The molecule has 4 rings (SSSR count).